The summed E-state index contributed by atoms with van der Waals surface area (Å²) in [5, 5.41) is 5.40. The fraction of sp³-hybridized carbons (Fsp3) is 0.429. The van der Waals surface area contributed by atoms with Crippen LogP contribution < -0.4 is 21.1 Å². The number of anilines is 2. The second-order valence-electron chi connectivity index (χ2n) is 4.34. The zero-order chi connectivity index (χ0) is 15.7. The Morgan fingerprint density at radius 2 is 1.95 bits per heavy atom. The highest BCUT2D eigenvalue weighted by Gasteiger charge is 2.09. The number of rotatable bonds is 8. The van der Waals surface area contributed by atoms with Crippen LogP contribution >= 0.6 is 0 Å². The third-order valence-electron chi connectivity index (χ3n) is 2.64. The minimum absolute atomic E-state index is 0.0409. The SMILES string of the molecule is COCC(=O)Nc1ccc(NC(=O)CCCN)cc1OC. The molecule has 0 aromatic heterocycles. The van der Waals surface area contributed by atoms with Crippen LogP contribution in [0.1, 0.15) is 12.8 Å². The van der Waals surface area contributed by atoms with E-state index in [1.807, 2.05) is 0 Å². The molecule has 0 saturated heterocycles. The third-order valence-corrected chi connectivity index (χ3v) is 2.64. The molecule has 1 rings (SSSR count). The molecule has 21 heavy (non-hydrogen) atoms. The largest absolute Gasteiger partial charge is 0.494 e. The molecular formula is C14H21N3O4. The summed E-state index contributed by atoms with van der Waals surface area (Å²) in [6.07, 6.45) is 0.999. The average Bonchev–Trinajstić information content (AvgIpc) is 2.47. The number of ether oxygens (including phenoxy) is 2. The van der Waals surface area contributed by atoms with Crippen LogP contribution in [0.4, 0.5) is 11.4 Å². The van der Waals surface area contributed by atoms with Crippen molar-refractivity contribution < 1.29 is 19.1 Å². The molecule has 116 valence electrons. The first-order valence-corrected chi connectivity index (χ1v) is 6.57. The van der Waals surface area contributed by atoms with Crippen molar-refractivity contribution >= 4 is 23.2 Å². The normalized spacial score (nSPS) is 10.0. The molecule has 0 bridgehead atoms. The molecule has 0 spiro atoms. The Hall–Kier alpha value is -2.12. The number of carbonyl (C=O) groups excluding carboxylic acids is 2. The van der Waals surface area contributed by atoms with Crippen molar-refractivity contribution in [2.75, 3.05) is 38.0 Å². The fourth-order valence-corrected chi connectivity index (χ4v) is 1.68. The maximum Gasteiger partial charge on any atom is 0.250 e. The molecule has 1 aromatic rings. The van der Waals surface area contributed by atoms with Crippen LogP contribution in [0.5, 0.6) is 5.75 Å². The minimum atomic E-state index is -0.282. The summed E-state index contributed by atoms with van der Waals surface area (Å²) in [6, 6.07) is 4.99. The van der Waals surface area contributed by atoms with E-state index in [9.17, 15) is 9.59 Å². The van der Waals surface area contributed by atoms with E-state index in [-0.39, 0.29) is 18.4 Å². The molecule has 0 atom stereocenters. The highest BCUT2D eigenvalue weighted by Crippen LogP contribution is 2.28. The van der Waals surface area contributed by atoms with Crippen LogP contribution in [-0.2, 0) is 14.3 Å². The van der Waals surface area contributed by atoms with Crippen LogP contribution in [-0.4, -0.2) is 39.2 Å². The fourth-order valence-electron chi connectivity index (χ4n) is 1.68. The molecule has 2 amide bonds. The predicted octanol–water partition coefficient (Wildman–Crippen LogP) is 0.958. The second-order valence-corrected chi connectivity index (χ2v) is 4.34. The van der Waals surface area contributed by atoms with Gasteiger partial charge in [-0.05, 0) is 25.1 Å². The minimum Gasteiger partial charge on any atom is -0.494 e. The Kier molecular flexibility index (Phi) is 7.20. The van der Waals surface area contributed by atoms with Gasteiger partial charge in [-0.1, -0.05) is 0 Å². The molecule has 7 heteroatoms. The van der Waals surface area contributed by atoms with E-state index in [0.717, 1.165) is 0 Å². The quantitative estimate of drug-likeness (QED) is 0.663. The average molecular weight is 295 g/mol. The van der Waals surface area contributed by atoms with E-state index in [2.05, 4.69) is 10.6 Å². The molecule has 0 aliphatic carbocycles. The molecule has 1 aromatic carbocycles. The zero-order valence-corrected chi connectivity index (χ0v) is 12.3. The Bertz CT molecular complexity index is 491. The van der Waals surface area contributed by atoms with Gasteiger partial charge in [0, 0.05) is 25.3 Å². The standard InChI is InChI=1S/C14H21N3O4/c1-20-9-14(19)17-11-6-5-10(8-12(11)21-2)16-13(18)4-3-7-15/h5-6,8H,3-4,7,9,15H2,1-2H3,(H,16,18)(H,17,19). The number of nitrogens with two attached hydrogens (primary N) is 1. The van der Waals surface area contributed by atoms with Gasteiger partial charge in [-0.25, -0.2) is 0 Å². The topological polar surface area (TPSA) is 103 Å². The van der Waals surface area contributed by atoms with E-state index in [1.165, 1.54) is 14.2 Å². The number of nitrogens with one attached hydrogen (secondary N) is 2. The first kappa shape index (κ1) is 16.9. The van der Waals surface area contributed by atoms with Crippen molar-refractivity contribution in [1.29, 1.82) is 0 Å². The molecule has 0 radical (unpaired) electrons. The summed E-state index contributed by atoms with van der Waals surface area (Å²) in [6.45, 7) is 0.432. The zero-order valence-electron chi connectivity index (χ0n) is 12.3. The smallest absolute Gasteiger partial charge is 0.250 e. The maximum absolute atomic E-state index is 11.6. The van der Waals surface area contributed by atoms with Crippen molar-refractivity contribution in [2.45, 2.75) is 12.8 Å². The van der Waals surface area contributed by atoms with Gasteiger partial charge in [0.05, 0.1) is 12.8 Å². The molecule has 0 fully saturated rings. The molecule has 0 aliphatic rings. The number of hydrogen-bond acceptors (Lipinski definition) is 5. The van der Waals surface area contributed by atoms with Crippen molar-refractivity contribution in [3.63, 3.8) is 0 Å². The first-order valence-electron chi connectivity index (χ1n) is 6.57. The van der Waals surface area contributed by atoms with Crippen molar-refractivity contribution in [3.05, 3.63) is 18.2 Å². The van der Waals surface area contributed by atoms with Gasteiger partial charge in [0.2, 0.25) is 11.8 Å². The molecule has 7 nitrogen and oxygen atoms in total. The summed E-state index contributed by atoms with van der Waals surface area (Å²) in [5.41, 5.74) is 6.47. The van der Waals surface area contributed by atoms with Gasteiger partial charge < -0.3 is 25.8 Å². The summed E-state index contributed by atoms with van der Waals surface area (Å²) < 4.78 is 9.94. The van der Waals surface area contributed by atoms with E-state index in [0.29, 0.717) is 36.5 Å². The van der Waals surface area contributed by atoms with E-state index >= 15 is 0 Å². The number of hydrogen-bond donors (Lipinski definition) is 3. The summed E-state index contributed by atoms with van der Waals surface area (Å²) in [4.78, 5) is 23.1. The van der Waals surface area contributed by atoms with Gasteiger partial charge in [0.15, 0.2) is 0 Å². The molecule has 0 aliphatic heterocycles. The van der Waals surface area contributed by atoms with Crippen LogP contribution in [0.25, 0.3) is 0 Å². The lowest BCUT2D eigenvalue weighted by Crippen LogP contribution is -2.18. The molecule has 0 saturated carbocycles. The highest BCUT2D eigenvalue weighted by atomic mass is 16.5. The number of benzene rings is 1. The molecule has 0 heterocycles. The highest BCUT2D eigenvalue weighted by molar-refractivity contribution is 5.95. The maximum atomic E-state index is 11.6. The van der Waals surface area contributed by atoms with E-state index in [1.54, 1.807) is 18.2 Å². The van der Waals surface area contributed by atoms with Gasteiger partial charge in [-0.15, -0.1) is 0 Å². The lowest BCUT2D eigenvalue weighted by atomic mass is 10.2. The summed E-state index contributed by atoms with van der Waals surface area (Å²) >= 11 is 0. The number of methoxy groups -OCH3 is 2. The third kappa shape index (κ3) is 5.80. The number of amides is 2. The van der Waals surface area contributed by atoms with Gasteiger partial charge >= 0.3 is 0 Å². The van der Waals surface area contributed by atoms with Crippen molar-refractivity contribution in [1.82, 2.24) is 0 Å². The van der Waals surface area contributed by atoms with Crippen LogP contribution in [0.3, 0.4) is 0 Å². The lowest BCUT2D eigenvalue weighted by Gasteiger charge is -2.12. The van der Waals surface area contributed by atoms with Crippen molar-refractivity contribution in [3.8, 4) is 5.75 Å². The van der Waals surface area contributed by atoms with Gasteiger partial charge in [0.1, 0.15) is 12.4 Å². The summed E-state index contributed by atoms with van der Waals surface area (Å²) in [7, 11) is 2.93. The summed E-state index contributed by atoms with van der Waals surface area (Å²) in [5.74, 6) is 0.0604. The molecule has 0 unspecified atom stereocenters. The Labute approximate surface area is 123 Å². The van der Waals surface area contributed by atoms with Gasteiger partial charge in [0.25, 0.3) is 0 Å². The monoisotopic (exact) mass is 295 g/mol. The number of carbonyl (C=O) groups is 2. The van der Waals surface area contributed by atoms with Crippen LogP contribution in [0, 0.1) is 0 Å². The van der Waals surface area contributed by atoms with Gasteiger partial charge in [-0.3, -0.25) is 9.59 Å². The second kappa shape index (κ2) is 8.93. The molecule has 4 N–H and O–H groups in total. The van der Waals surface area contributed by atoms with E-state index < -0.39 is 0 Å². The van der Waals surface area contributed by atoms with E-state index in [4.69, 9.17) is 15.2 Å². The van der Waals surface area contributed by atoms with Gasteiger partial charge in [-0.2, -0.15) is 0 Å². The van der Waals surface area contributed by atoms with Crippen LogP contribution in [0.2, 0.25) is 0 Å². The Morgan fingerprint density at radius 3 is 2.57 bits per heavy atom. The van der Waals surface area contributed by atoms with Crippen molar-refractivity contribution in [2.24, 2.45) is 5.73 Å². The van der Waals surface area contributed by atoms with Crippen LogP contribution in [0.15, 0.2) is 18.2 Å². The lowest BCUT2D eigenvalue weighted by molar-refractivity contribution is -0.119. The first-order chi connectivity index (χ1) is 10.1. The molecular weight excluding hydrogens is 274 g/mol. The Balaban J connectivity index is 2.73. The predicted molar refractivity (Wildman–Crippen MR) is 80.4 cm³/mol. The Morgan fingerprint density at radius 1 is 1.19 bits per heavy atom.